The van der Waals surface area contributed by atoms with Crippen LogP contribution in [0.15, 0.2) is 48.5 Å². The van der Waals surface area contributed by atoms with E-state index in [1.165, 1.54) is 0 Å². The van der Waals surface area contributed by atoms with Crippen molar-refractivity contribution < 1.29 is 28.7 Å². The first-order valence-corrected chi connectivity index (χ1v) is 14.1. The van der Waals surface area contributed by atoms with Crippen molar-refractivity contribution >= 4 is 63.8 Å². The third-order valence-electron chi connectivity index (χ3n) is 6.00. The second-order valence-electron chi connectivity index (χ2n) is 10.3. The normalized spacial score (nSPS) is 13.5. The van der Waals surface area contributed by atoms with Crippen LogP contribution in [0.25, 0.3) is 0 Å². The number of hydrogen-bond donors (Lipinski definition) is 3. The van der Waals surface area contributed by atoms with E-state index in [-0.39, 0.29) is 25.0 Å². The van der Waals surface area contributed by atoms with Gasteiger partial charge < -0.3 is 25.0 Å². The summed E-state index contributed by atoms with van der Waals surface area (Å²) in [5.41, 5.74) is 2.22. The summed E-state index contributed by atoms with van der Waals surface area (Å²) < 4.78 is 11.1. The van der Waals surface area contributed by atoms with Crippen molar-refractivity contribution in [3.8, 4) is 0 Å². The number of nitrogens with zero attached hydrogens (tertiary/aromatic N) is 1. The molecule has 4 amide bonds. The minimum Gasteiger partial charge on any atom is -0.444 e. The Hall–Kier alpha value is -3.93. The number of amides is 4. The third-order valence-corrected chi connectivity index (χ3v) is 7.23. The van der Waals surface area contributed by atoms with Crippen molar-refractivity contribution in [3.63, 3.8) is 0 Å². The first-order valence-electron chi connectivity index (χ1n) is 12.9. The minimum absolute atomic E-state index is 0.0158. The summed E-state index contributed by atoms with van der Waals surface area (Å²) in [5, 5.41) is 8.41. The quantitative estimate of drug-likeness (QED) is 0.325. The van der Waals surface area contributed by atoms with Crippen LogP contribution >= 0.6 is 22.9 Å². The maximum Gasteiger partial charge on any atom is 0.412 e. The fraction of sp³-hybridized carbons (Fsp3) is 0.310. The molecule has 41 heavy (non-hydrogen) atoms. The summed E-state index contributed by atoms with van der Waals surface area (Å²) >= 11 is 7.11. The molecule has 0 atom stereocenters. The lowest BCUT2D eigenvalue weighted by Gasteiger charge is -2.28. The number of hydrogen-bond acceptors (Lipinski definition) is 7. The Labute approximate surface area is 247 Å². The van der Waals surface area contributed by atoms with Gasteiger partial charge in [0.1, 0.15) is 12.2 Å². The molecule has 0 bridgehead atoms. The molecular weight excluding hydrogens is 568 g/mol. The minimum atomic E-state index is -0.734. The van der Waals surface area contributed by atoms with Gasteiger partial charge in [0, 0.05) is 24.3 Å². The highest BCUT2D eigenvalue weighted by Crippen LogP contribution is 2.29. The molecule has 0 spiro atoms. The van der Waals surface area contributed by atoms with Crippen LogP contribution in [0.1, 0.15) is 51.9 Å². The number of ether oxygens (including phenoxy) is 2. The number of carbonyl (C=O) groups excluding carboxylic acids is 4. The van der Waals surface area contributed by atoms with E-state index in [0.29, 0.717) is 50.6 Å². The van der Waals surface area contributed by atoms with Crippen LogP contribution in [0.3, 0.4) is 0 Å². The second-order valence-corrected chi connectivity index (χ2v) is 12.0. The Balaban J connectivity index is 1.59. The summed E-state index contributed by atoms with van der Waals surface area (Å²) in [7, 11) is 0. The molecule has 0 saturated carbocycles. The van der Waals surface area contributed by atoms with Crippen LogP contribution in [-0.2, 0) is 20.8 Å². The molecule has 2 heterocycles. The lowest BCUT2D eigenvalue weighted by Crippen LogP contribution is -2.42. The number of anilines is 3. The van der Waals surface area contributed by atoms with Gasteiger partial charge in [0.15, 0.2) is 0 Å². The summed E-state index contributed by atoms with van der Waals surface area (Å²) in [4.78, 5) is 53.1. The molecule has 4 rings (SSSR count). The average Bonchev–Trinajstić information content (AvgIpc) is 3.34. The van der Waals surface area contributed by atoms with E-state index >= 15 is 0 Å². The molecule has 12 heteroatoms. The van der Waals surface area contributed by atoms with Gasteiger partial charge in [-0.1, -0.05) is 23.7 Å². The molecule has 3 aromatic rings. The molecule has 2 aromatic carbocycles. The zero-order valence-electron chi connectivity index (χ0n) is 23.1. The molecule has 216 valence electrons. The Bertz CT molecular complexity index is 1480. The van der Waals surface area contributed by atoms with Crippen molar-refractivity contribution in [1.29, 1.82) is 0 Å². The Morgan fingerprint density at radius 2 is 1.85 bits per heavy atom. The molecule has 0 unspecified atom stereocenters. The van der Waals surface area contributed by atoms with Gasteiger partial charge in [-0.25, -0.2) is 4.79 Å². The predicted molar refractivity (Wildman–Crippen MR) is 159 cm³/mol. The molecule has 3 N–H and O–H groups in total. The van der Waals surface area contributed by atoms with Crippen LogP contribution in [0.2, 0.25) is 4.34 Å². The largest absolute Gasteiger partial charge is 0.444 e. The molecular formula is C29H31ClN4O6S. The van der Waals surface area contributed by atoms with Gasteiger partial charge in [0.2, 0.25) is 0 Å². The van der Waals surface area contributed by atoms with Gasteiger partial charge in [0.25, 0.3) is 17.7 Å². The molecule has 10 nitrogen and oxygen atoms in total. The first kappa shape index (κ1) is 30.0. The van der Waals surface area contributed by atoms with E-state index in [0.717, 1.165) is 16.9 Å². The van der Waals surface area contributed by atoms with Crippen LogP contribution in [0, 0.1) is 6.92 Å². The molecule has 0 radical (unpaired) electrons. The van der Waals surface area contributed by atoms with E-state index in [1.807, 2.05) is 6.92 Å². The summed E-state index contributed by atoms with van der Waals surface area (Å²) in [6.45, 7) is 8.00. The molecule has 1 saturated heterocycles. The average molecular weight is 599 g/mol. The topological polar surface area (TPSA) is 126 Å². The van der Waals surface area contributed by atoms with Crippen molar-refractivity contribution in [2.45, 2.75) is 39.8 Å². The van der Waals surface area contributed by atoms with Gasteiger partial charge in [-0.05, 0) is 75.2 Å². The third kappa shape index (κ3) is 7.84. The highest BCUT2D eigenvalue weighted by molar-refractivity contribution is 7.18. The van der Waals surface area contributed by atoms with E-state index in [4.69, 9.17) is 21.1 Å². The number of morpholine rings is 1. The van der Waals surface area contributed by atoms with E-state index in [2.05, 4.69) is 16.0 Å². The van der Waals surface area contributed by atoms with Crippen LogP contribution < -0.4 is 20.9 Å². The highest BCUT2D eigenvalue weighted by atomic mass is 35.5. The number of rotatable bonds is 7. The number of para-hydroxylation sites is 1. The number of carbonyl (C=O) groups is 4. The number of benzene rings is 2. The summed E-state index contributed by atoms with van der Waals surface area (Å²) in [6.07, 6.45) is -0.696. The monoisotopic (exact) mass is 598 g/mol. The maximum absolute atomic E-state index is 13.4. The molecule has 0 aliphatic carbocycles. The van der Waals surface area contributed by atoms with Gasteiger partial charge in [-0.3, -0.25) is 19.7 Å². The fourth-order valence-corrected chi connectivity index (χ4v) is 5.13. The number of aryl methyl sites for hydroxylation is 1. The van der Waals surface area contributed by atoms with Gasteiger partial charge in [-0.15, -0.1) is 11.3 Å². The molecule has 1 aromatic heterocycles. The molecule has 1 fully saturated rings. The van der Waals surface area contributed by atoms with Crippen LogP contribution in [-0.4, -0.2) is 49.2 Å². The van der Waals surface area contributed by atoms with E-state index in [1.54, 1.807) is 74.2 Å². The molecule has 1 aliphatic rings. The molecule has 1 aliphatic heterocycles. The van der Waals surface area contributed by atoms with Crippen molar-refractivity contribution in [3.05, 3.63) is 74.4 Å². The van der Waals surface area contributed by atoms with E-state index in [9.17, 15) is 19.2 Å². The van der Waals surface area contributed by atoms with Gasteiger partial charge in [-0.2, -0.15) is 0 Å². The number of thiophene rings is 1. The van der Waals surface area contributed by atoms with Gasteiger partial charge >= 0.3 is 6.09 Å². The smallest absolute Gasteiger partial charge is 0.412 e. The second kappa shape index (κ2) is 12.7. The summed E-state index contributed by atoms with van der Waals surface area (Å²) in [6, 6.07) is 13.4. The van der Waals surface area contributed by atoms with Crippen LogP contribution in [0.4, 0.5) is 21.9 Å². The van der Waals surface area contributed by atoms with Gasteiger partial charge in [0.05, 0.1) is 27.2 Å². The number of halogens is 1. The lowest BCUT2D eigenvalue weighted by atomic mass is 10.1. The van der Waals surface area contributed by atoms with E-state index < -0.39 is 17.6 Å². The zero-order chi connectivity index (χ0) is 29.7. The number of nitrogens with one attached hydrogen (secondary N) is 3. The standard InChI is InChI=1S/C29H31ClN4O6S/c1-17-14-18(8-9-21(17)34-12-13-39-16-24(34)35)26(36)33-25-19(15-31-27(37)22-10-11-23(30)41-22)6-5-7-20(25)32-28(38)40-29(2,3)4/h5-11,14H,12-13,15-16H2,1-4H3,(H,31,37)(H,32,38)(H,33,36). The first-order chi connectivity index (χ1) is 19.4. The Morgan fingerprint density at radius 1 is 1.07 bits per heavy atom. The van der Waals surface area contributed by atoms with Crippen LogP contribution in [0.5, 0.6) is 0 Å². The van der Waals surface area contributed by atoms with Crippen molar-refractivity contribution in [1.82, 2.24) is 5.32 Å². The van der Waals surface area contributed by atoms with Crippen molar-refractivity contribution in [2.75, 3.05) is 35.3 Å². The maximum atomic E-state index is 13.4. The zero-order valence-corrected chi connectivity index (χ0v) is 24.7. The Morgan fingerprint density at radius 3 is 2.51 bits per heavy atom. The van der Waals surface area contributed by atoms with Crippen molar-refractivity contribution in [2.24, 2.45) is 0 Å². The predicted octanol–water partition coefficient (Wildman–Crippen LogP) is 5.60. The lowest BCUT2D eigenvalue weighted by molar-refractivity contribution is -0.125. The fourth-order valence-electron chi connectivity index (χ4n) is 4.17. The Kier molecular flexibility index (Phi) is 9.31. The SMILES string of the molecule is Cc1cc(C(=O)Nc2c(CNC(=O)c3ccc(Cl)s3)cccc2NC(=O)OC(C)(C)C)ccc1N1CCOCC1=O. The summed E-state index contributed by atoms with van der Waals surface area (Å²) in [5.74, 6) is -0.909. The highest BCUT2D eigenvalue weighted by Gasteiger charge is 2.23.